The number of carbonyl (C=O) groups is 1. The fraction of sp³-hybridized carbons (Fsp3) is 0.933. The van der Waals surface area contributed by atoms with E-state index >= 15 is 0 Å². The van der Waals surface area contributed by atoms with Gasteiger partial charge in [0.2, 0.25) is 0 Å². The molecule has 0 spiro atoms. The molecule has 0 bridgehead atoms. The van der Waals surface area contributed by atoms with Crippen molar-refractivity contribution in [3.05, 3.63) is 0 Å². The lowest BCUT2D eigenvalue weighted by Gasteiger charge is -2.25. The van der Waals surface area contributed by atoms with Crippen molar-refractivity contribution < 1.29 is 9.90 Å². The number of nitrogens with one attached hydrogen (secondary N) is 1. The topological polar surface area (TPSA) is 55.8 Å². The molecular weight excluding hydrogens is 254 g/mol. The molecule has 2 saturated carbocycles. The van der Waals surface area contributed by atoms with Crippen LogP contribution in [-0.2, 0) is 0 Å². The smallest absolute Gasteiger partial charge is 0.317 e. The molecule has 2 amide bonds. The molecule has 2 N–H and O–H groups in total. The minimum absolute atomic E-state index is 0.0791. The van der Waals surface area contributed by atoms with E-state index in [0.29, 0.717) is 25.0 Å². The first kappa shape index (κ1) is 15.6. The predicted octanol–water partition coefficient (Wildman–Crippen LogP) is 1.27. The van der Waals surface area contributed by atoms with Gasteiger partial charge in [0.1, 0.15) is 0 Å². The van der Waals surface area contributed by atoms with Crippen molar-refractivity contribution in [2.45, 2.75) is 50.7 Å². The van der Waals surface area contributed by atoms with Crippen LogP contribution in [0.25, 0.3) is 0 Å². The molecule has 0 aromatic rings. The highest BCUT2D eigenvalue weighted by Crippen LogP contribution is 2.32. The Kier molecular flexibility index (Phi) is 5.66. The Bertz CT molecular complexity index is 314. The highest BCUT2D eigenvalue weighted by Gasteiger charge is 2.31. The largest absolute Gasteiger partial charge is 0.391 e. The summed E-state index contributed by atoms with van der Waals surface area (Å²) in [6.07, 6.45) is 7.10. The zero-order chi connectivity index (χ0) is 14.5. The van der Waals surface area contributed by atoms with Crippen LogP contribution in [0.2, 0.25) is 0 Å². The molecule has 1 unspecified atom stereocenters. The molecule has 5 nitrogen and oxygen atoms in total. The van der Waals surface area contributed by atoms with Crippen LogP contribution in [0.3, 0.4) is 0 Å². The van der Waals surface area contributed by atoms with E-state index in [1.54, 1.807) is 11.9 Å². The lowest BCUT2D eigenvalue weighted by Crippen LogP contribution is -2.44. The number of hydrogen-bond donors (Lipinski definition) is 2. The summed E-state index contributed by atoms with van der Waals surface area (Å²) in [5.74, 6) is 0.416. The summed E-state index contributed by atoms with van der Waals surface area (Å²) in [5, 5.41) is 12.8. The molecule has 20 heavy (non-hydrogen) atoms. The molecule has 1 atom stereocenters. The molecule has 0 heterocycles. The van der Waals surface area contributed by atoms with Crippen LogP contribution in [0.4, 0.5) is 4.79 Å². The minimum Gasteiger partial charge on any atom is -0.391 e. The van der Waals surface area contributed by atoms with Gasteiger partial charge in [-0.25, -0.2) is 4.79 Å². The second-order valence-corrected chi connectivity index (χ2v) is 6.44. The highest BCUT2D eigenvalue weighted by atomic mass is 16.3. The molecule has 0 aliphatic heterocycles. The number of rotatable bonds is 7. The Hall–Kier alpha value is -0.810. The quantitative estimate of drug-likeness (QED) is 0.740. The van der Waals surface area contributed by atoms with Gasteiger partial charge in [0.05, 0.1) is 6.10 Å². The summed E-state index contributed by atoms with van der Waals surface area (Å²) in [6.45, 7) is 2.01. The Morgan fingerprint density at radius 1 is 1.25 bits per heavy atom. The standard InChI is InChI=1S/C15H29N3O2/c1-17(13-5-3-4-6-13)10-9-16-15(20)18(2)11-14(19)12-7-8-12/h12-14,19H,3-11H2,1-2H3,(H,16,20). The van der Waals surface area contributed by atoms with Gasteiger partial charge in [-0.3, -0.25) is 0 Å². The van der Waals surface area contributed by atoms with Crippen molar-refractivity contribution in [1.82, 2.24) is 15.1 Å². The second kappa shape index (κ2) is 7.27. The zero-order valence-corrected chi connectivity index (χ0v) is 12.8. The van der Waals surface area contributed by atoms with Gasteiger partial charge in [-0.05, 0) is 38.6 Å². The van der Waals surface area contributed by atoms with E-state index in [2.05, 4.69) is 17.3 Å². The maximum Gasteiger partial charge on any atom is 0.317 e. The van der Waals surface area contributed by atoms with E-state index in [4.69, 9.17) is 0 Å². The van der Waals surface area contributed by atoms with Gasteiger partial charge in [0.25, 0.3) is 0 Å². The molecule has 2 aliphatic rings. The number of carbonyl (C=O) groups excluding carboxylic acids is 1. The summed E-state index contributed by atoms with van der Waals surface area (Å²) >= 11 is 0. The van der Waals surface area contributed by atoms with E-state index in [0.717, 1.165) is 19.4 Å². The van der Waals surface area contributed by atoms with Crippen molar-refractivity contribution in [1.29, 1.82) is 0 Å². The van der Waals surface area contributed by atoms with Crippen LogP contribution in [0.1, 0.15) is 38.5 Å². The summed E-state index contributed by atoms with van der Waals surface area (Å²) < 4.78 is 0. The van der Waals surface area contributed by atoms with Gasteiger partial charge in [-0.2, -0.15) is 0 Å². The Morgan fingerprint density at radius 2 is 1.90 bits per heavy atom. The maximum atomic E-state index is 11.9. The number of aliphatic hydroxyl groups excluding tert-OH is 1. The van der Waals surface area contributed by atoms with E-state index in [1.165, 1.54) is 25.7 Å². The molecule has 2 aliphatic carbocycles. The molecular formula is C15H29N3O2. The molecule has 2 rings (SSSR count). The Labute approximate surface area is 122 Å². The number of nitrogens with zero attached hydrogens (tertiary/aromatic N) is 2. The number of urea groups is 1. The predicted molar refractivity (Wildman–Crippen MR) is 79.6 cm³/mol. The molecule has 0 aromatic carbocycles. The maximum absolute atomic E-state index is 11.9. The molecule has 2 fully saturated rings. The molecule has 0 radical (unpaired) electrons. The summed E-state index contributed by atoms with van der Waals surface area (Å²) in [5.41, 5.74) is 0. The van der Waals surface area contributed by atoms with Crippen LogP contribution >= 0.6 is 0 Å². The van der Waals surface area contributed by atoms with Gasteiger partial charge in [-0.1, -0.05) is 12.8 Å². The average Bonchev–Trinajstić information content (AvgIpc) is 3.13. The SMILES string of the molecule is CN(CC(O)C1CC1)C(=O)NCCN(C)C1CCCC1. The zero-order valence-electron chi connectivity index (χ0n) is 12.8. The normalized spacial score (nSPS) is 21.2. The highest BCUT2D eigenvalue weighted by molar-refractivity contribution is 5.73. The molecule has 0 saturated heterocycles. The molecule has 116 valence electrons. The first-order valence-corrected chi connectivity index (χ1v) is 7.95. The van der Waals surface area contributed by atoms with Gasteiger partial charge in [0, 0.05) is 32.7 Å². The monoisotopic (exact) mass is 283 g/mol. The van der Waals surface area contributed by atoms with E-state index in [9.17, 15) is 9.90 Å². The summed E-state index contributed by atoms with van der Waals surface area (Å²) in [6, 6.07) is 0.617. The van der Waals surface area contributed by atoms with Crippen LogP contribution in [-0.4, -0.2) is 66.8 Å². The van der Waals surface area contributed by atoms with Crippen LogP contribution in [0.5, 0.6) is 0 Å². The first-order valence-electron chi connectivity index (χ1n) is 7.95. The number of hydrogen-bond acceptors (Lipinski definition) is 3. The van der Waals surface area contributed by atoms with Crippen molar-refractivity contribution in [3.8, 4) is 0 Å². The van der Waals surface area contributed by atoms with Crippen molar-refractivity contribution in [2.75, 3.05) is 33.7 Å². The summed E-state index contributed by atoms with van der Waals surface area (Å²) in [7, 11) is 3.89. The third kappa shape index (κ3) is 4.63. The van der Waals surface area contributed by atoms with E-state index in [-0.39, 0.29) is 12.1 Å². The van der Waals surface area contributed by atoms with Crippen molar-refractivity contribution >= 4 is 6.03 Å². The fourth-order valence-electron chi connectivity index (χ4n) is 3.00. The first-order chi connectivity index (χ1) is 9.58. The van der Waals surface area contributed by atoms with Gasteiger partial charge < -0.3 is 20.2 Å². The third-order valence-electron chi connectivity index (χ3n) is 4.66. The van der Waals surface area contributed by atoms with Crippen molar-refractivity contribution in [2.24, 2.45) is 5.92 Å². The lowest BCUT2D eigenvalue weighted by atomic mass is 10.2. The van der Waals surface area contributed by atoms with Crippen LogP contribution in [0.15, 0.2) is 0 Å². The lowest BCUT2D eigenvalue weighted by molar-refractivity contribution is 0.113. The second-order valence-electron chi connectivity index (χ2n) is 6.44. The van der Waals surface area contributed by atoms with Crippen molar-refractivity contribution in [3.63, 3.8) is 0 Å². The Morgan fingerprint density at radius 3 is 2.50 bits per heavy atom. The van der Waals surface area contributed by atoms with E-state index in [1.807, 2.05) is 0 Å². The van der Waals surface area contributed by atoms with Gasteiger partial charge in [-0.15, -0.1) is 0 Å². The average molecular weight is 283 g/mol. The number of amides is 2. The van der Waals surface area contributed by atoms with E-state index < -0.39 is 0 Å². The van der Waals surface area contributed by atoms with Gasteiger partial charge >= 0.3 is 6.03 Å². The van der Waals surface area contributed by atoms with Crippen LogP contribution in [0, 0.1) is 5.92 Å². The number of likely N-dealkylation sites (N-methyl/N-ethyl adjacent to an activating group) is 2. The minimum atomic E-state index is -0.355. The van der Waals surface area contributed by atoms with Crippen LogP contribution < -0.4 is 5.32 Å². The molecule has 5 heteroatoms. The molecule has 0 aromatic heterocycles. The van der Waals surface area contributed by atoms with Gasteiger partial charge in [0.15, 0.2) is 0 Å². The number of aliphatic hydroxyl groups is 1. The fourth-order valence-corrected chi connectivity index (χ4v) is 3.00. The third-order valence-corrected chi connectivity index (χ3v) is 4.66. The Balaban J connectivity index is 1.58. The summed E-state index contributed by atoms with van der Waals surface area (Å²) in [4.78, 5) is 15.9.